The Morgan fingerprint density at radius 1 is 1.33 bits per heavy atom. The van der Waals surface area contributed by atoms with E-state index in [1.807, 2.05) is 12.1 Å². The fourth-order valence-corrected chi connectivity index (χ4v) is 6.18. The number of piperidine rings is 3. The summed E-state index contributed by atoms with van der Waals surface area (Å²) in [5, 5.41) is 11.8. The topological polar surface area (TPSA) is 67.3 Å². The molecule has 1 unspecified atom stereocenters. The van der Waals surface area contributed by atoms with Gasteiger partial charge in [0.25, 0.3) is 11.1 Å². The Balaban J connectivity index is 1.38. The van der Waals surface area contributed by atoms with Gasteiger partial charge in [-0.25, -0.2) is 0 Å². The lowest BCUT2D eigenvalue weighted by Crippen LogP contribution is -2.57. The quantitative estimate of drug-likeness (QED) is 0.857. The highest BCUT2D eigenvalue weighted by atomic mass is 32.2. The number of methoxy groups -OCH3 is 1. The Morgan fingerprint density at radius 3 is 2.83 bits per heavy atom. The number of amides is 1. The number of fused-ring (bicyclic) bond motifs is 3. The first kappa shape index (κ1) is 16.3. The molecular formula is C15H18N4O2S3. The number of rotatable bonds is 5. The van der Waals surface area contributed by atoms with Gasteiger partial charge >= 0.3 is 0 Å². The van der Waals surface area contributed by atoms with E-state index in [1.54, 1.807) is 7.11 Å². The van der Waals surface area contributed by atoms with E-state index < -0.39 is 0 Å². The molecule has 2 aromatic heterocycles. The Hall–Kier alpha value is -1.16. The van der Waals surface area contributed by atoms with E-state index in [-0.39, 0.29) is 5.91 Å². The minimum Gasteiger partial charge on any atom is -0.472 e. The molecule has 3 saturated heterocycles. The fraction of sp³-hybridized carbons (Fsp3) is 0.533. The van der Waals surface area contributed by atoms with E-state index in [4.69, 9.17) is 4.74 Å². The van der Waals surface area contributed by atoms with Crippen LogP contribution >= 0.6 is 34.4 Å². The van der Waals surface area contributed by atoms with Crippen molar-refractivity contribution in [3.8, 4) is 5.19 Å². The maximum absolute atomic E-state index is 12.5. The van der Waals surface area contributed by atoms with Gasteiger partial charge < -0.3 is 15.0 Å². The summed E-state index contributed by atoms with van der Waals surface area (Å²) in [5.74, 6) is 0.682. The Bertz CT molecular complexity index is 724. The fourth-order valence-electron chi connectivity index (χ4n) is 3.27. The first-order valence-electron chi connectivity index (χ1n) is 7.89. The predicted molar refractivity (Wildman–Crippen MR) is 95.3 cm³/mol. The van der Waals surface area contributed by atoms with Gasteiger partial charge in [0.05, 0.1) is 16.2 Å². The molecular weight excluding hydrogens is 364 g/mol. The molecule has 3 aliphatic rings. The summed E-state index contributed by atoms with van der Waals surface area (Å²) in [6.07, 6.45) is 2.41. The summed E-state index contributed by atoms with van der Waals surface area (Å²) in [4.78, 5) is 15.7. The van der Waals surface area contributed by atoms with Gasteiger partial charge in [-0.2, -0.15) is 0 Å². The molecule has 2 bridgehead atoms. The summed E-state index contributed by atoms with van der Waals surface area (Å²) in [5.41, 5.74) is 0. The Kier molecular flexibility index (Phi) is 4.75. The molecule has 24 heavy (non-hydrogen) atoms. The summed E-state index contributed by atoms with van der Waals surface area (Å²) >= 11 is 4.41. The molecule has 3 fully saturated rings. The van der Waals surface area contributed by atoms with Crippen molar-refractivity contribution in [1.82, 2.24) is 20.4 Å². The second-order valence-electron chi connectivity index (χ2n) is 5.98. The number of thiophene rings is 1. The van der Waals surface area contributed by atoms with Gasteiger partial charge in [-0.3, -0.25) is 4.79 Å². The van der Waals surface area contributed by atoms with Gasteiger partial charge in [-0.05, 0) is 67.1 Å². The van der Waals surface area contributed by atoms with Gasteiger partial charge in [0.2, 0.25) is 0 Å². The lowest BCUT2D eigenvalue weighted by molar-refractivity contribution is 0.0622. The minimum absolute atomic E-state index is 0.0421. The first-order chi connectivity index (χ1) is 11.7. The molecule has 3 aliphatic heterocycles. The molecule has 128 valence electrons. The maximum Gasteiger partial charge on any atom is 0.294 e. The van der Waals surface area contributed by atoms with Crippen LogP contribution in [0.2, 0.25) is 0 Å². The normalized spacial score (nSPS) is 25.6. The van der Waals surface area contributed by atoms with Crippen LogP contribution in [0.4, 0.5) is 0 Å². The maximum atomic E-state index is 12.5. The van der Waals surface area contributed by atoms with Gasteiger partial charge in [0.1, 0.15) is 0 Å². The van der Waals surface area contributed by atoms with Crippen LogP contribution in [0.1, 0.15) is 22.5 Å². The van der Waals surface area contributed by atoms with Crippen LogP contribution in [-0.4, -0.2) is 53.8 Å². The van der Waals surface area contributed by atoms with Crippen LogP contribution in [0.3, 0.4) is 0 Å². The highest BCUT2D eigenvalue weighted by molar-refractivity contribution is 8.02. The zero-order valence-corrected chi connectivity index (χ0v) is 15.7. The molecule has 2 aromatic rings. The minimum atomic E-state index is 0.0421. The van der Waals surface area contributed by atoms with Crippen molar-refractivity contribution >= 4 is 40.3 Å². The van der Waals surface area contributed by atoms with Crippen LogP contribution < -0.4 is 10.1 Å². The van der Waals surface area contributed by atoms with E-state index in [9.17, 15) is 4.79 Å². The number of carbonyl (C=O) groups is 1. The summed E-state index contributed by atoms with van der Waals surface area (Å²) in [6.45, 7) is 3.36. The number of carbonyl (C=O) groups excluding carboxylic acids is 1. The van der Waals surface area contributed by atoms with E-state index in [0.29, 0.717) is 17.2 Å². The molecule has 0 spiro atoms. The monoisotopic (exact) mass is 382 g/mol. The number of nitrogens with zero attached hydrogens (tertiary/aromatic N) is 3. The smallest absolute Gasteiger partial charge is 0.294 e. The molecule has 6 nitrogen and oxygen atoms in total. The third-order valence-corrected chi connectivity index (χ3v) is 7.68. The van der Waals surface area contributed by atoms with Gasteiger partial charge in [0, 0.05) is 12.6 Å². The number of ether oxygens (including phenoxy) is 1. The molecule has 0 saturated carbocycles. The molecule has 1 amide bonds. The van der Waals surface area contributed by atoms with E-state index in [2.05, 4.69) is 20.4 Å². The van der Waals surface area contributed by atoms with Crippen molar-refractivity contribution in [2.45, 2.75) is 27.4 Å². The molecule has 0 radical (unpaired) electrons. The second-order valence-corrected chi connectivity index (χ2v) is 9.55. The number of hydrogen-bond acceptors (Lipinski definition) is 8. The zero-order valence-electron chi connectivity index (χ0n) is 13.2. The Labute approximate surface area is 152 Å². The van der Waals surface area contributed by atoms with Crippen molar-refractivity contribution in [1.29, 1.82) is 0 Å². The molecule has 1 atom stereocenters. The average Bonchev–Trinajstić information content (AvgIpc) is 3.26. The molecule has 0 aliphatic carbocycles. The largest absolute Gasteiger partial charge is 0.472 e. The Morgan fingerprint density at radius 2 is 2.17 bits per heavy atom. The standard InChI is InChI=1S/C15H18N4O2S3/c1-21-14-17-18-15(24-14)23-12-3-2-11(22-12)13(20)16-10-8-19-6-4-9(10)5-7-19/h2-3,9-10H,4-8H2,1H3,(H,16,20). The zero-order chi connectivity index (χ0) is 16.5. The molecule has 0 aromatic carbocycles. The lowest BCUT2D eigenvalue weighted by Gasteiger charge is -2.44. The molecule has 5 rings (SSSR count). The van der Waals surface area contributed by atoms with Gasteiger partial charge in [-0.15, -0.1) is 16.4 Å². The van der Waals surface area contributed by atoms with E-state index in [1.165, 1.54) is 60.4 Å². The summed E-state index contributed by atoms with van der Waals surface area (Å²) in [6, 6.07) is 4.15. The van der Waals surface area contributed by atoms with Gasteiger partial charge in [0.15, 0.2) is 4.34 Å². The predicted octanol–water partition coefficient (Wildman–Crippen LogP) is 2.58. The third-order valence-electron chi connectivity index (χ3n) is 4.53. The van der Waals surface area contributed by atoms with Crippen LogP contribution in [0.25, 0.3) is 0 Å². The van der Waals surface area contributed by atoms with Crippen molar-refractivity contribution in [2.75, 3.05) is 26.7 Å². The van der Waals surface area contributed by atoms with Crippen molar-refractivity contribution in [3.63, 3.8) is 0 Å². The third kappa shape index (κ3) is 3.44. The first-order valence-corrected chi connectivity index (χ1v) is 10.3. The number of nitrogens with one attached hydrogen (secondary N) is 1. The van der Waals surface area contributed by atoms with E-state index in [0.717, 1.165) is 20.0 Å². The van der Waals surface area contributed by atoms with E-state index >= 15 is 0 Å². The summed E-state index contributed by atoms with van der Waals surface area (Å²) in [7, 11) is 1.58. The van der Waals surface area contributed by atoms with Gasteiger partial charge in [-0.1, -0.05) is 5.10 Å². The molecule has 1 N–H and O–H groups in total. The lowest BCUT2D eigenvalue weighted by atomic mass is 9.84. The van der Waals surface area contributed by atoms with Crippen LogP contribution in [0.5, 0.6) is 5.19 Å². The highest BCUT2D eigenvalue weighted by Gasteiger charge is 2.35. The highest BCUT2D eigenvalue weighted by Crippen LogP contribution is 2.36. The SMILES string of the molecule is COc1nnc(Sc2ccc(C(=O)NC3CN4CCC3CC4)s2)s1. The summed E-state index contributed by atoms with van der Waals surface area (Å²) < 4.78 is 6.90. The van der Waals surface area contributed by atoms with Crippen LogP contribution in [0, 0.1) is 5.92 Å². The number of aromatic nitrogens is 2. The van der Waals surface area contributed by atoms with Crippen LogP contribution in [0.15, 0.2) is 20.7 Å². The van der Waals surface area contributed by atoms with Crippen LogP contribution in [-0.2, 0) is 0 Å². The number of hydrogen-bond donors (Lipinski definition) is 1. The van der Waals surface area contributed by atoms with Crippen molar-refractivity contribution < 1.29 is 9.53 Å². The molecule has 9 heteroatoms. The van der Waals surface area contributed by atoms with Crippen molar-refractivity contribution in [2.24, 2.45) is 5.92 Å². The molecule has 5 heterocycles. The average molecular weight is 383 g/mol. The second kappa shape index (κ2) is 6.99. The van der Waals surface area contributed by atoms with Crippen molar-refractivity contribution in [3.05, 3.63) is 17.0 Å².